The fraction of sp³-hybridized carbons (Fsp3) is 0.0938. The van der Waals surface area contributed by atoms with Gasteiger partial charge in [0.25, 0.3) is 0 Å². The molecule has 0 radical (unpaired) electrons. The topological polar surface area (TPSA) is 31.0 Å². The Morgan fingerprint density at radius 1 is 0.686 bits per heavy atom. The van der Waals surface area contributed by atoms with Crippen LogP contribution in [0.2, 0.25) is 0 Å². The smallest absolute Gasteiger partial charge is 0.307 e. The quantitative estimate of drug-likeness (QED) is 0.251. The van der Waals surface area contributed by atoms with Gasteiger partial charge in [-0.05, 0) is 63.4 Å². The number of hydrogen-bond donors (Lipinski definition) is 0. The van der Waals surface area contributed by atoms with E-state index < -0.39 is 0 Å². The summed E-state index contributed by atoms with van der Waals surface area (Å²) in [6, 6.07) is 35.2. The lowest BCUT2D eigenvalue weighted by atomic mass is 9.82. The number of aromatic nitrogens is 2. The van der Waals surface area contributed by atoms with Crippen LogP contribution in [-0.4, -0.2) is 9.55 Å². The van der Waals surface area contributed by atoms with E-state index in [9.17, 15) is 0 Å². The molecule has 0 saturated carbocycles. The normalized spacial score (nSPS) is 14.2. The van der Waals surface area contributed by atoms with Gasteiger partial charge in [0.15, 0.2) is 5.58 Å². The van der Waals surface area contributed by atoms with Gasteiger partial charge in [-0.1, -0.05) is 80.6 Å². The van der Waals surface area contributed by atoms with Crippen molar-refractivity contribution in [2.45, 2.75) is 19.3 Å². The van der Waals surface area contributed by atoms with Crippen LogP contribution in [0.4, 0.5) is 0 Å². The Morgan fingerprint density at radius 2 is 1.49 bits per heavy atom. The summed E-state index contributed by atoms with van der Waals surface area (Å²) in [5.41, 5.74) is 9.31. The van der Waals surface area contributed by atoms with E-state index in [-0.39, 0.29) is 5.41 Å². The second-order valence-electron chi connectivity index (χ2n) is 10.1. The molecule has 0 fully saturated rings. The van der Waals surface area contributed by atoms with Crippen LogP contribution >= 0.6 is 0 Å². The van der Waals surface area contributed by atoms with Crippen LogP contribution in [0.5, 0.6) is 0 Å². The minimum atomic E-state index is -0.0257. The number of fused-ring (bicyclic) bond motifs is 9. The first-order valence-electron chi connectivity index (χ1n) is 12.1. The predicted octanol–water partition coefficient (Wildman–Crippen LogP) is 8.38. The summed E-state index contributed by atoms with van der Waals surface area (Å²) in [6.07, 6.45) is 0. The zero-order chi connectivity index (χ0) is 23.3. The third-order valence-electron chi connectivity index (χ3n) is 7.83. The van der Waals surface area contributed by atoms with Gasteiger partial charge in [-0.2, -0.15) is 4.98 Å². The van der Waals surface area contributed by atoms with Gasteiger partial charge in [0, 0.05) is 16.2 Å². The lowest BCUT2D eigenvalue weighted by Gasteiger charge is -2.21. The molecule has 166 valence electrons. The van der Waals surface area contributed by atoms with Crippen molar-refractivity contribution >= 4 is 43.7 Å². The van der Waals surface area contributed by atoms with E-state index in [1.807, 2.05) is 24.3 Å². The van der Waals surface area contributed by atoms with Crippen molar-refractivity contribution in [1.82, 2.24) is 9.55 Å². The van der Waals surface area contributed by atoms with Gasteiger partial charge >= 0.3 is 6.01 Å². The standard InChI is InChI=1S/C32H22N2O/c1-32(2)24-11-5-3-10-21(24)30-22-18-28-23(17-19(22)15-16-25(30)32)20-9-4-7-13-27(20)34(28)31-33-26-12-6-8-14-29(26)35-31/h3-18H,1-2H3. The largest absolute Gasteiger partial charge is 0.423 e. The molecule has 5 aromatic carbocycles. The van der Waals surface area contributed by atoms with E-state index in [4.69, 9.17) is 9.40 Å². The molecule has 1 aliphatic carbocycles. The van der Waals surface area contributed by atoms with Gasteiger partial charge in [0.2, 0.25) is 0 Å². The minimum absolute atomic E-state index is 0.0257. The Morgan fingerprint density at radius 3 is 2.40 bits per heavy atom. The average Bonchev–Trinajstić information content (AvgIpc) is 3.51. The molecule has 2 heterocycles. The molecule has 0 aliphatic heterocycles. The van der Waals surface area contributed by atoms with E-state index in [1.54, 1.807) is 0 Å². The molecule has 0 spiro atoms. The van der Waals surface area contributed by atoms with Crippen LogP contribution in [0.1, 0.15) is 25.0 Å². The maximum atomic E-state index is 6.27. The van der Waals surface area contributed by atoms with Crippen molar-refractivity contribution in [3.8, 4) is 17.1 Å². The Hall–Kier alpha value is -4.37. The van der Waals surface area contributed by atoms with Crippen molar-refractivity contribution < 1.29 is 4.42 Å². The number of para-hydroxylation sites is 3. The summed E-state index contributed by atoms with van der Waals surface area (Å²) in [5.74, 6) is 0. The van der Waals surface area contributed by atoms with Crippen LogP contribution in [0.15, 0.2) is 101 Å². The van der Waals surface area contributed by atoms with Crippen LogP contribution in [0.25, 0.3) is 60.8 Å². The Labute approximate surface area is 202 Å². The molecule has 1 aliphatic rings. The number of rotatable bonds is 1. The molecule has 0 bridgehead atoms. The second-order valence-corrected chi connectivity index (χ2v) is 10.1. The Kier molecular flexibility index (Phi) is 3.47. The lowest BCUT2D eigenvalue weighted by Crippen LogP contribution is -2.14. The zero-order valence-electron chi connectivity index (χ0n) is 19.5. The van der Waals surface area contributed by atoms with Gasteiger partial charge in [0.1, 0.15) is 5.52 Å². The van der Waals surface area contributed by atoms with E-state index in [1.165, 1.54) is 43.8 Å². The highest BCUT2D eigenvalue weighted by molar-refractivity contribution is 6.16. The van der Waals surface area contributed by atoms with Crippen LogP contribution in [-0.2, 0) is 5.41 Å². The van der Waals surface area contributed by atoms with Gasteiger partial charge in [-0.15, -0.1) is 0 Å². The van der Waals surface area contributed by atoms with Crippen molar-refractivity contribution in [2.75, 3.05) is 0 Å². The number of hydrogen-bond acceptors (Lipinski definition) is 2. The van der Waals surface area contributed by atoms with Gasteiger partial charge in [-0.25, -0.2) is 0 Å². The minimum Gasteiger partial charge on any atom is -0.423 e. The molecular weight excluding hydrogens is 428 g/mol. The first kappa shape index (κ1) is 19.0. The maximum absolute atomic E-state index is 6.27. The van der Waals surface area contributed by atoms with Crippen molar-refractivity contribution in [2.24, 2.45) is 0 Å². The third kappa shape index (κ3) is 2.37. The van der Waals surface area contributed by atoms with Gasteiger partial charge in [-0.3, -0.25) is 4.57 Å². The number of nitrogens with zero attached hydrogens (tertiary/aromatic N) is 2. The van der Waals surface area contributed by atoms with E-state index in [2.05, 4.69) is 91.2 Å². The summed E-state index contributed by atoms with van der Waals surface area (Å²) in [4.78, 5) is 4.86. The summed E-state index contributed by atoms with van der Waals surface area (Å²) >= 11 is 0. The molecule has 0 N–H and O–H groups in total. The van der Waals surface area contributed by atoms with E-state index >= 15 is 0 Å². The molecule has 0 atom stereocenters. The zero-order valence-corrected chi connectivity index (χ0v) is 19.5. The van der Waals surface area contributed by atoms with Crippen molar-refractivity contribution in [3.63, 3.8) is 0 Å². The molecule has 0 saturated heterocycles. The summed E-state index contributed by atoms with van der Waals surface area (Å²) in [7, 11) is 0. The first-order chi connectivity index (χ1) is 17.1. The van der Waals surface area contributed by atoms with Crippen LogP contribution < -0.4 is 0 Å². The van der Waals surface area contributed by atoms with E-state index in [0.717, 1.165) is 22.1 Å². The van der Waals surface area contributed by atoms with Crippen molar-refractivity contribution in [1.29, 1.82) is 0 Å². The summed E-state index contributed by atoms with van der Waals surface area (Å²) in [5, 5.41) is 4.94. The number of oxazole rings is 1. The van der Waals surface area contributed by atoms with Crippen LogP contribution in [0.3, 0.4) is 0 Å². The molecule has 0 unspecified atom stereocenters. The molecule has 2 aromatic heterocycles. The first-order valence-corrected chi connectivity index (χ1v) is 12.1. The fourth-order valence-electron chi connectivity index (χ4n) is 6.15. The number of benzene rings is 5. The molecule has 35 heavy (non-hydrogen) atoms. The van der Waals surface area contributed by atoms with E-state index in [0.29, 0.717) is 6.01 Å². The lowest BCUT2D eigenvalue weighted by molar-refractivity contribution is 0.574. The third-order valence-corrected chi connectivity index (χ3v) is 7.83. The fourth-order valence-corrected chi connectivity index (χ4v) is 6.15. The SMILES string of the molecule is CC1(C)c2ccccc2-c2c1ccc1cc3c4ccccc4n(-c4nc5ccccc5o4)c3cc21. The highest BCUT2D eigenvalue weighted by Gasteiger charge is 2.36. The Balaban J connectivity index is 1.54. The molecule has 7 aromatic rings. The molecule has 0 amide bonds. The summed E-state index contributed by atoms with van der Waals surface area (Å²) < 4.78 is 8.45. The summed E-state index contributed by atoms with van der Waals surface area (Å²) in [6.45, 7) is 4.66. The van der Waals surface area contributed by atoms with Gasteiger partial charge in [0.05, 0.1) is 11.0 Å². The van der Waals surface area contributed by atoms with Crippen LogP contribution in [0, 0.1) is 0 Å². The maximum Gasteiger partial charge on any atom is 0.307 e. The Bertz CT molecular complexity index is 1950. The molecule has 3 heteroatoms. The average molecular weight is 451 g/mol. The highest BCUT2D eigenvalue weighted by Crippen LogP contribution is 2.51. The molecule has 3 nitrogen and oxygen atoms in total. The molecule has 8 rings (SSSR count). The molecular formula is C32H22N2O. The second kappa shape index (κ2) is 6.39. The predicted molar refractivity (Wildman–Crippen MR) is 143 cm³/mol. The highest BCUT2D eigenvalue weighted by atomic mass is 16.4. The monoisotopic (exact) mass is 450 g/mol. The van der Waals surface area contributed by atoms with Crippen molar-refractivity contribution in [3.05, 3.63) is 108 Å². The van der Waals surface area contributed by atoms with Gasteiger partial charge < -0.3 is 4.42 Å².